The topological polar surface area (TPSA) is 26.0 Å². The van der Waals surface area contributed by atoms with Gasteiger partial charge in [0.1, 0.15) is 5.82 Å². The molecule has 0 radical (unpaired) electrons. The monoisotopic (exact) mass is 249 g/mol. The second kappa shape index (κ2) is 4.86. The van der Waals surface area contributed by atoms with Crippen molar-refractivity contribution in [1.29, 1.82) is 0 Å². The third-order valence-corrected chi connectivity index (χ3v) is 3.12. The quantitative estimate of drug-likeness (QED) is 0.858. The molecule has 0 saturated heterocycles. The van der Waals surface area contributed by atoms with Crippen molar-refractivity contribution in [1.82, 2.24) is 0 Å². The molecule has 2 N–H and O–H groups in total. The fourth-order valence-electron chi connectivity index (χ4n) is 1.83. The summed E-state index contributed by atoms with van der Waals surface area (Å²) in [5, 5.41) is 0.647. The van der Waals surface area contributed by atoms with Crippen molar-refractivity contribution in [2.45, 2.75) is 13.5 Å². The molecule has 0 heterocycles. The van der Waals surface area contributed by atoms with Gasteiger partial charge in [0.05, 0.1) is 0 Å². The maximum atomic E-state index is 13.0. The Balaban J connectivity index is 2.50. The van der Waals surface area contributed by atoms with E-state index in [9.17, 15) is 4.39 Å². The zero-order valence-electron chi connectivity index (χ0n) is 9.50. The summed E-state index contributed by atoms with van der Waals surface area (Å²) in [4.78, 5) is 0. The van der Waals surface area contributed by atoms with Crippen LogP contribution < -0.4 is 5.73 Å². The van der Waals surface area contributed by atoms with Crippen LogP contribution in [-0.2, 0) is 6.54 Å². The molecule has 0 aromatic heterocycles. The van der Waals surface area contributed by atoms with E-state index in [1.807, 2.05) is 25.1 Å². The van der Waals surface area contributed by atoms with E-state index in [1.165, 1.54) is 12.1 Å². The lowest BCUT2D eigenvalue weighted by Crippen LogP contribution is -1.97. The van der Waals surface area contributed by atoms with Crippen LogP contribution in [0.2, 0.25) is 5.02 Å². The Labute approximate surface area is 105 Å². The Kier molecular flexibility index (Phi) is 3.46. The first-order chi connectivity index (χ1) is 8.11. The average molecular weight is 250 g/mol. The number of rotatable bonds is 2. The van der Waals surface area contributed by atoms with E-state index in [-0.39, 0.29) is 5.82 Å². The van der Waals surface area contributed by atoms with E-state index in [0.29, 0.717) is 11.6 Å². The highest BCUT2D eigenvalue weighted by Crippen LogP contribution is 2.28. The summed E-state index contributed by atoms with van der Waals surface area (Å²) in [5.41, 5.74) is 9.32. The summed E-state index contributed by atoms with van der Waals surface area (Å²) < 4.78 is 13.0. The molecule has 2 aromatic rings. The van der Waals surface area contributed by atoms with E-state index >= 15 is 0 Å². The summed E-state index contributed by atoms with van der Waals surface area (Å²) in [7, 11) is 0. The molecule has 0 aliphatic heterocycles. The molecule has 0 saturated carbocycles. The highest BCUT2D eigenvalue weighted by Gasteiger charge is 2.05. The largest absolute Gasteiger partial charge is 0.326 e. The molecule has 0 fully saturated rings. The lowest BCUT2D eigenvalue weighted by atomic mass is 9.99. The van der Waals surface area contributed by atoms with E-state index in [4.69, 9.17) is 17.3 Å². The Morgan fingerprint density at radius 1 is 1.18 bits per heavy atom. The van der Waals surface area contributed by atoms with Crippen molar-refractivity contribution < 1.29 is 4.39 Å². The number of benzene rings is 2. The SMILES string of the molecule is Cc1cc(F)ccc1-c1ccc(CN)c(Cl)c1. The molecule has 0 spiro atoms. The Morgan fingerprint density at radius 3 is 2.53 bits per heavy atom. The molecule has 0 bridgehead atoms. The van der Waals surface area contributed by atoms with Crippen molar-refractivity contribution in [3.63, 3.8) is 0 Å². The van der Waals surface area contributed by atoms with Crippen LogP contribution in [0.15, 0.2) is 36.4 Å². The zero-order valence-corrected chi connectivity index (χ0v) is 10.3. The van der Waals surface area contributed by atoms with E-state index in [2.05, 4.69) is 0 Å². The van der Waals surface area contributed by atoms with Gasteiger partial charge in [-0.15, -0.1) is 0 Å². The molecule has 0 aliphatic carbocycles. The molecule has 0 amide bonds. The number of hydrogen-bond acceptors (Lipinski definition) is 1. The van der Waals surface area contributed by atoms with Crippen LogP contribution >= 0.6 is 11.6 Å². The van der Waals surface area contributed by atoms with Gasteiger partial charge in [-0.3, -0.25) is 0 Å². The molecular formula is C14H13ClFN. The molecule has 0 unspecified atom stereocenters. The lowest BCUT2D eigenvalue weighted by molar-refractivity contribution is 0.627. The minimum absolute atomic E-state index is 0.226. The minimum Gasteiger partial charge on any atom is -0.326 e. The molecule has 0 aliphatic rings. The van der Waals surface area contributed by atoms with Crippen LogP contribution in [0.5, 0.6) is 0 Å². The third-order valence-electron chi connectivity index (χ3n) is 2.77. The summed E-state index contributed by atoms with van der Waals surface area (Å²) in [6.45, 7) is 2.30. The number of nitrogens with two attached hydrogens (primary N) is 1. The fraction of sp³-hybridized carbons (Fsp3) is 0.143. The molecule has 0 atom stereocenters. The van der Waals surface area contributed by atoms with Gasteiger partial charge >= 0.3 is 0 Å². The molecule has 17 heavy (non-hydrogen) atoms. The van der Waals surface area contributed by atoms with Crippen molar-refractivity contribution in [3.8, 4) is 11.1 Å². The molecule has 1 nitrogen and oxygen atoms in total. The number of aryl methyl sites for hydroxylation is 1. The highest BCUT2D eigenvalue weighted by atomic mass is 35.5. The summed E-state index contributed by atoms with van der Waals surface area (Å²) in [6.07, 6.45) is 0. The van der Waals surface area contributed by atoms with Crippen LogP contribution in [0, 0.1) is 12.7 Å². The Hall–Kier alpha value is -1.38. The summed E-state index contributed by atoms with van der Waals surface area (Å²) >= 11 is 6.11. The van der Waals surface area contributed by atoms with E-state index in [1.54, 1.807) is 6.07 Å². The van der Waals surface area contributed by atoms with Crippen LogP contribution in [0.3, 0.4) is 0 Å². The average Bonchev–Trinajstić information content (AvgIpc) is 2.29. The highest BCUT2D eigenvalue weighted by molar-refractivity contribution is 6.31. The minimum atomic E-state index is -0.226. The first kappa shape index (κ1) is 12.1. The predicted molar refractivity (Wildman–Crippen MR) is 69.5 cm³/mol. The fourth-order valence-corrected chi connectivity index (χ4v) is 2.09. The van der Waals surface area contributed by atoms with Crippen molar-refractivity contribution in [2.24, 2.45) is 5.73 Å². The predicted octanol–water partition coefficient (Wildman–Crippen LogP) is 3.91. The summed E-state index contributed by atoms with van der Waals surface area (Å²) in [6, 6.07) is 10.4. The second-order valence-electron chi connectivity index (χ2n) is 3.97. The van der Waals surface area contributed by atoms with Gasteiger partial charge in [0.15, 0.2) is 0 Å². The molecule has 2 rings (SSSR count). The van der Waals surface area contributed by atoms with Crippen LogP contribution in [0.4, 0.5) is 4.39 Å². The van der Waals surface area contributed by atoms with Crippen LogP contribution in [0.25, 0.3) is 11.1 Å². The van der Waals surface area contributed by atoms with Gasteiger partial charge in [-0.05, 0) is 47.4 Å². The molecule has 2 aromatic carbocycles. The van der Waals surface area contributed by atoms with Gasteiger partial charge in [0.2, 0.25) is 0 Å². The molecular weight excluding hydrogens is 237 g/mol. The maximum Gasteiger partial charge on any atom is 0.123 e. The van der Waals surface area contributed by atoms with Gasteiger partial charge in [0, 0.05) is 11.6 Å². The first-order valence-corrected chi connectivity index (χ1v) is 5.74. The van der Waals surface area contributed by atoms with Crippen LogP contribution in [0.1, 0.15) is 11.1 Å². The van der Waals surface area contributed by atoms with Gasteiger partial charge in [-0.2, -0.15) is 0 Å². The molecule has 3 heteroatoms. The van der Waals surface area contributed by atoms with Crippen LogP contribution in [-0.4, -0.2) is 0 Å². The van der Waals surface area contributed by atoms with Crippen molar-refractivity contribution >= 4 is 11.6 Å². The Bertz CT molecular complexity index is 552. The van der Waals surface area contributed by atoms with Gasteiger partial charge in [0.25, 0.3) is 0 Å². The van der Waals surface area contributed by atoms with Gasteiger partial charge in [-0.25, -0.2) is 4.39 Å². The second-order valence-corrected chi connectivity index (χ2v) is 4.38. The standard InChI is InChI=1S/C14H13ClFN/c1-9-6-12(16)4-5-13(9)10-2-3-11(8-17)14(15)7-10/h2-7H,8,17H2,1H3. The first-order valence-electron chi connectivity index (χ1n) is 5.37. The zero-order chi connectivity index (χ0) is 12.4. The number of halogens is 2. The summed E-state index contributed by atoms with van der Waals surface area (Å²) in [5.74, 6) is -0.226. The smallest absolute Gasteiger partial charge is 0.123 e. The van der Waals surface area contributed by atoms with Gasteiger partial charge in [-0.1, -0.05) is 29.8 Å². The number of hydrogen-bond donors (Lipinski definition) is 1. The Morgan fingerprint density at radius 2 is 1.94 bits per heavy atom. The van der Waals surface area contributed by atoms with Crippen molar-refractivity contribution in [2.75, 3.05) is 0 Å². The molecule has 88 valence electrons. The lowest BCUT2D eigenvalue weighted by Gasteiger charge is -2.08. The third kappa shape index (κ3) is 2.48. The normalized spacial score (nSPS) is 10.6. The van der Waals surface area contributed by atoms with Crippen molar-refractivity contribution in [3.05, 3.63) is 58.4 Å². The van der Waals surface area contributed by atoms with E-state index in [0.717, 1.165) is 22.3 Å². The maximum absolute atomic E-state index is 13.0. The van der Waals surface area contributed by atoms with Gasteiger partial charge < -0.3 is 5.73 Å². The van der Waals surface area contributed by atoms with E-state index < -0.39 is 0 Å².